The molecule has 0 aromatic rings. The fourth-order valence-corrected chi connectivity index (χ4v) is 6.66. The van der Waals surface area contributed by atoms with Crippen LogP contribution in [0.3, 0.4) is 0 Å². The molecule has 1 unspecified atom stereocenters. The Morgan fingerprint density at radius 3 is 0.969 bits per heavy atom. The molecule has 0 rings (SSSR count). The summed E-state index contributed by atoms with van der Waals surface area (Å²) in [6.07, 6.45) is 70.3. The molecule has 0 saturated heterocycles. The molecule has 0 fully saturated rings. The maximum absolute atomic E-state index is 12.8. The first kappa shape index (κ1) is 59.8. The minimum Gasteiger partial charge on any atom is -0.462 e. The topological polar surface area (TPSA) is 78.9 Å². The summed E-state index contributed by atoms with van der Waals surface area (Å²) in [6, 6.07) is 0. The summed E-state index contributed by atoms with van der Waals surface area (Å²) < 4.78 is 16.7. The smallest absolute Gasteiger partial charge is 0.306 e. The lowest BCUT2D eigenvalue weighted by Gasteiger charge is -2.18. The van der Waals surface area contributed by atoms with Crippen LogP contribution >= 0.6 is 0 Å². The van der Waals surface area contributed by atoms with E-state index in [1.807, 2.05) is 72.9 Å². The molecule has 0 N–H and O–H groups in total. The number of allylic oxidation sites excluding steroid dienone is 20. The lowest BCUT2D eigenvalue weighted by molar-refractivity contribution is -0.167. The van der Waals surface area contributed by atoms with Crippen molar-refractivity contribution >= 4 is 17.9 Å². The van der Waals surface area contributed by atoms with E-state index < -0.39 is 6.10 Å². The standard InChI is InChI=1S/C58H92O6/c1-4-7-10-13-16-19-22-25-27-28-29-30-31-34-36-39-42-45-48-51-57(60)63-54-55(53-62-56(59)50-47-44-41-38-35-32-24-21-18-15-12-9-6-3)64-58(61)52-49-46-43-40-37-33-26-23-20-17-14-11-8-5-2/h7,9-10,12-13,15-16,18-19,21-22,24-25,27-31,34,36,55H,4-6,8,11,14,17,20,23,26,32-33,35,37-54H2,1-3H3/b10-7+,12-9+,16-13+,18-15+,22-19+,24-21+,27-25+,29-28+,31-30+,36-34+. The zero-order chi connectivity index (χ0) is 46.5. The van der Waals surface area contributed by atoms with Crippen molar-refractivity contribution in [2.24, 2.45) is 0 Å². The Kier molecular flexibility index (Phi) is 48.1. The van der Waals surface area contributed by atoms with Gasteiger partial charge in [0.2, 0.25) is 0 Å². The Morgan fingerprint density at radius 2 is 0.609 bits per heavy atom. The van der Waals surface area contributed by atoms with Gasteiger partial charge in [-0.2, -0.15) is 0 Å². The van der Waals surface area contributed by atoms with Gasteiger partial charge in [0.15, 0.2) is 6.10 Å². The summed E-state index contributed by atoms with van der Waals surface area (Å²) in [6.45, 7) is 6.29. The van der Waals surface area contributed by atoms with Crippen LogP contribution in [0.1, 0.15) is 207 Å². The minimum absolute atomic E-state index is 0.106. The summed E-state index contributed by atoms with van der Waals surface area (Å²) in [5.41, 5.74) is 0. The second kappa shape index (κ2) is 51.4. The number of hydrogen-bond acceptors (Lipinski definition) is 6. The molecule has 0 aliphatic carbocycles. The van der Waals surface area contributed by atoms with Crippen molar-refractivity contribution < 1.29 is 28.6 Å². The molecule has 6 nitrogen and oxygen atoms in total. The number of hydrogen-bond donors (Lipinski definition) is 0. The molecule has 0 heterocycles. The number of esters is 3. The van der Waals surface area contributed by atoms with E-state index in [-0.39, 0.29) is 31.1 Å². The first-order chi connectivity index (χ1) is 31.5. The van der Waals surface area contributed by atoms with Crippen molar-refractivity contribution in [3.8, 4) is 0 Å². The average Bonchev–Trinajstić information content (AvgIpc) is 3.29. The zero-order valence-corrected chi connectivity index (χ0v) is 41.0. The fraction of sp³-hybridized carbons (Fsp3) is 0.603. The van der Waals surface area contributed by atoms with E-state index in [0.29, 0.717) is 19.3 Å². The maximum atomic E-state index is 12.8. The summed E-state index contributed by atoms with van der Waals surface area (Å²) in [7, 11) is 0. The third kappa shape index (κ3) is 48.8. The molecule has 0 aromatic heterocycles. The largest absolute Gasteiger partial charge is 0.462 e. The summed E-state index contributed by atoms with van der Waals surface area (Å²) in [5, 5.41) is 0. The molecular formula is C58H92O6. The van der Waals surface area contributed by atoms with Gasteiger partial charge in [0, 0.05) is 19.3 Å². The Labute approximate surface area is 392 Å². The summed E-state index contributed by atoms with van der Waals surface area (Å²) in [5.74, 6) is -0.975. The summed E-state index contributed by atoms with van der Waals surface area (Å²) >= 11 is 0. The van der Waals surface area contributed by atoms with Crippen LogP contribution in [0.15, 0.2) is 122 Å². The van der Waals surface area contributed by atoms with Crippen LogP contribution in [0.4, 0.5) is 0 Å². The second-order valence-corrected chi connectivity index (χ2v) is 16.6. The van der Waals surface area contributed by atoms with Gasteiger partial charge in [0.05, 0.1) is 0 Å². The van der Waals surface area contributed by atoms with Crippen LogP contribution in [0, 0.1) is 0 Å². The zero-order valence-electron chi connectivity index (χ0n) is 41.0. The van der Waals surface area contributed by atoms with Gasteiger partial charge in [-0.3, -0.25) is 14.4 Å². The van der Waals surface area contributed by atoms with Crippen molar-refractivity contribution in [1.29, 1.82) is 0 Å². The number of unbranched alkanes of at least 4 members (excludes halogenated alkanes) is 21. The quantitative estimate of drug-likeness (QED) is 0.0262. The monoisotopic (exact) mass is 885 g/mol. The molecule has 0 bridgehead atoms. The van der Waals surface area contributed by atoms with Crippen molar-refractivity contribution in [3.05, 3.63) is 122 Å². The lowest BCUT2D eigenvalue weighted by Crippen LogP contribution is -2.30. The third-order valence-electron chi connectivity index (χ3n) is 10.5. The highest BCUT2D eigenvalue weighted by atomic mass is 16.6. The molecule has 0 amide bonds. The van der Waals surface area contributed by atoms with Crippen molar-refractivity contribution in [3.63, 3.8) is 0 Å². The number of carbonyl (C=O) groups excluding carboxylic acids is 3. The highest BCUT2D eigenvalue weighted by Gasteiger charge is 2.19. The normalized spacial score (nSPS) is 13.1. The van der Waals surface area contributed by atoms with E-state index in [1.54, 1.807) is 0 Å². The molecule has 0 saturated carbocycles. The highest BCUT2D eigenvalue weighted by Crippen LogP contribution is 2.15. The third-order valence-corrected chi connectivity index (χ3v) is 10.5. The molecule has 64 heavy (non-hydrogen) atoms. The van der Waals surface area contributed by atoms with Gasteiger partial charge < -0.3 is 14.2 Å². The van der Waals surface area contributed by atoms with Gasteiger partial charge in [-0.25, -0.2) is 0 Å². The summed E-state index contributed by atoms with van der Waals surface area (Å²) in [4.78, 5) is 38.0. The van der Waals surface area contributed by atoms with E-state index in [4.69, 9.17) is 14.2 Å². The highest BCUT2D eigenvalue weighted by molar-refractivity contribution is 5.71. The van der Waals surface area contributed by atoms with Crippen molar-refractivity contribution in [1.82, 2.24) is 0 Å². The van der Waals surface area contributed by atoms with Crippen LogP contribution in [0.5, 0.6) is 0 Å². The maximum Gasteiger partial charge on any atom is 0.306 e. The predicted molar refractivity (Wildman–Crippen MR) is 274 cm³/mol. The molecule has 0 radical (unpaired) electrons. The first-order valence-electron chi connectivity index (χ1n) is 25.7. The number of carbonyl (C=O) groups is 3. The van der Waals surface area contributed by atoms with Crippen LogP contribution in [0.2, 0.25) is 0 Å². The van der Waals surface area contributed by atoms with Gasteiger partial charge >= 0.3 is 17.9 Å². The molecule has 0 spiro atoms. The number of rotatable bonds is 44. The van der Waals surface area contributed by atoms with Crippen LogP contribution in [-0.2, 0) is 28.6 Å². The van der Waals surface area contributed by atoms with Gasteiger partial charge in [-0.15, -0.1) is 0 Å². The number of ether oxygens (including phenoxy) is 3. The van der Waals surface area contributed by atoms with Crippen molar-refractivity contribution in [2.45, 2.75) is 213 Å². The molecule has 360 valence electrons. The average molecular weight is 885 g/mol. The Morgan fingerprint density at radius 1 is 0.328 bits per heavy atom. The van der Waals surface area contributed by atoms with Crippen LogP contribution in [0.25, 0.3) is 0 Å². The molecular weight excluding hydrogens is 793 g/mol. The van der Waals surface area contributed by atoms with Crippen molar-refractivity contribution in [2.75, 3.05) is 13.2 Å². The van der Waals surface area contributed by atoms with E-state index in [0.717, 1.165) is 96.3 Å². The van der Waals surface area contributed by atoms with E-state index in [9.17, 15) is 14.4 Å². The Balaban J connectivity index is 4.53. The van der Waals surface area contributed by atoms with E-state index in [2.05, 4.69) is 69.4 Å². The van der Waals surface area contributed by atoms with Gasteiger partial charge in [0.25, 0.3) is 0 Å². The molecule has 6 heteroatoms. The van der Waals surface area contributed by atoms with Gasteiger partial charge in [-0.05, 0) is 57.8 Å². The van der Waals surface area contributed by atoms with Crippen LogP contribution in [-0.4, -0.2) is 37.2 Å². The molecule has 1 atom stereocenters. The van der Waals surface area contributed by atoms with E-state index in [1.165, 1.54) is 70.6 Å². The van der Waals surface area contributed by atoms with Gasteiger partial charge in [0.1, 0.15) is 13.2 Å². The van der Waals surface area contributed by atoms with Crippen LogP contribution < -0.4 is 0 Å². The predicted octanol–water partition coefficient (Wildman–Crippen LogP) is 16.9. The SMILES string of the molecule is CC/C=C/C=C/C=C/C=C/C=C/C=C/C=C/CCCCCC(=O)OCC(COC(=O)CCCCCCC/C=C/C=C/C=C/CC)OC(=O)CCCCCCCCCCCCCCCC. The van der Waals surface area contributed by atoms with E-state index >= 15 is 0 Å². The lowest BCUT2D eigenvalue weighted by atomic mass is 10.0. The fourth-order valence-electron chi connectivity index (χ4n) is 6.66. The van der Waals surface area contributed by atoms with Gasteiger partial charge in [-0.1, -0.05) is 251 Å². The Hall–Kier alpha value is -4.19. The second-order valence-electron chi connectivity index (χ2n) is 16.6. The minimum atomic E-state index is -0.807. The molecule has 0 aliphatic rings. The first-order valence-corrected chi connectivity index (χ1v) is 25.7. The Bertz CT molecular complexity index is 1390. The molecule has 0 aromatic carbocycles. The molecule has 0 aliphatic heterocycles.